The second kappa shape index (κ2) is 7.52. The molecule has 128 valence electrons. The Labute approximate surface area is 144 Å². The number of hydrogen-bond acceptors (Lipinski definition) is 4. The number of halogens is 1. The van der Waals surface area contributed by atoms with Crippen molar-refractivity contribution in [2.45, 2.75) is 11.8 Å². The molecule has 2 aromatic rings. The van der Waals surface area contributed by atoms with E-state index >= 15 is 0 Å². The Bertz CT molecular complexity index is 838. The lowest BCUT2D eigenvalue weighted by Gasteiger charge is -2.10. The number of sulfonamides is 1. The van der Waals surface area contributed by atoms with Gasteiger partial charge < -0.3 is 15.7 Å². The van der Waals surface area contributed by atoms with E-state index in [2.05, 4.69) is 15.4 Å². The van der Waals surface area contributed by atoms with E-state index in [0.717, 1.165) is 0 Å². The zero-order valence-corrected chi connectivity index (χ0v) is 14.3. The first kappa shape index (κ1) is 18.1. The summed E-state index contributed by atoms with van der Waals surface area (Å²) in [5.74, 6) is -0.123. The van der Waals surface area contributed by atoms with Crippen LogP contribution in [0.1, 0.15) is 6.92 Å². The second-order valence-electron chi connectivity index (χ2n) is 4.77. The molecule has 0 aliphatic rings. The van der Waals surface area contributed by atoms with Crippen LogP contribution in [0.2, 0.25) is 5.02 Å². The molecule has 0 unspecified atom stereocenters. The van der Waals surface area contributed by atoms with Gasteiger partial charge in [-0.15, -0.1) is 0 Å². The largest absolute Gasteiger partial charge is 0.506 e. The fraction of sp³-hybridized carbons (Fsp3) is 0.133. The molecule has 0 aromatic heterocycles. The molecule has 2 aromatic carbocycles. The maximum Gasteiger partial charge on any atom is 0.323 e. The third-order valence-corrected chi connectivity index (χ3v) is 4.76. The molecule has 7 nitrogen and oxygen atoms in total. The Hall–Kier alpha value is -2.29. The first-order valence-corrected chi connectivity index (χ1v) is 8.84. The Balaban J connectivity index is 2.06. The predicted octanol–water partition coefficient (Wildman–Crippen LogP) is 2.99. The summed E-state index contributed by atoms with van der Waals surface area (Å²) in [5.41, 5.74) is 0.552. The number of carbonyl (C=O) groups is 1. The Morgan fingerprint density at radius 2 is 1.79 bits per heavy atom. The maximum absolute atomic E-state index is 11.9. The molecule has 0 atom stereocenters. The summed E-state index contributed by atoms with van der Waals surface area (Å²) < 4.78 is 26.0. The van der Waals surface area contributed by atoms with Crippen LogP contribution in [0.4, 0.5) is 16.2 Å². The zero-order chi connectivity index (χ0) is 17.7. The summed E-state index contributed by atoms with van der Waals surface area (Å²) >= 11 is 5.80. The maximum atomic E-state index is 11.9. The number of aromatic hydroxyl groups is 1. The monoisotopic (exact) mass is 369 g/mol. The predicted molar refractivity (Wildman–Crippen MR) is 93.1 cm³/mol. The van der Waals surface area contributed by atoms with E-state index in [0.29, 0.717) is 10.7 Å². The molecule has 0 saturated heterocycles. The van der Waals surface area contributed by atoms with Crippen LogP contribution in [0.25, 0.3) is 0 Å². The minimum atomic E-state index is -3.54. The van der Waals surface area contributed by atoms with Gasteiger partial charge in [0.05, 0.1) is 10.6 Å². The van der Waals surface area contributed by atoms with Crippen molar-refractivity contribution in [3.8, 4) is 5.75 Å². The highest BCUT2D eigenvalue weighted by Crippen LogP contribution is 2.26. The van der Waals surface area contributed by atoms with E-state index in [9.17, 15) is 18.3 Å². The van der Waals surface area contributed by atoms with Crippen LogP contribution in [-0.4, -0.2) is 26.1 Å². The van der Waals surface area contributed by atoms with Gasteiger partial charge >= 0.3 is 6.03 Å². The van der Waals surface area contributed by atoms with Gasteiger partial charge in [-0.1, -0.05) is 18.5 Å². The van der Waals surface area contributed by atoms with E-state index in [1.807, 2.05) is 0 Å². The van der Waals surface area contributed by atoms with Crippen LogP contribution < -0.4 is 15.4 Å². The highest BCUT2D eigenvalue weighted by atomic mass is 35.5. The smallest absolute Gasteiger partial charge is 0.323 e. The summed E-state index contributed by atoms with van der Waals surface area (Å²) in [6, 6.07) is 9.33. The molecule has 0 aliphatic heterocycles. The number of rotatable bonds is 5. The van der Waals surface area contributed by atoms with Gasteiger partial charge in [0.25, 0.3) is 0 Å². The zero-order valence-electron chi connectivity index (χ0n) is 12.7. The summed E-state index contributed by atoms with van der Waals surface area (Å²) in [4.78, 5) is 12.0. The molecule has 0 aliphatic carbocycles. The van der Waals surface area contributed by atoms with E-state index < -0.39 is 16.1 Å². The van der Waals surface area contributed by atoms with Gasteiger partial charge in [-0.25, -0.2) is 17.9 Å². The van der Waals surface area contributed by atoms with Crippen molar-refractivity contribution in [3.05, 3.63) is 47.5 Å². The van der Waals surface area contributed by atoms with Crippen molar-refractivity contribution in [2.75, 3.05) is 17.2 Å². The van der Waals surface area contributed by atoms with Crippen LogP contribution in [-0.2, 0) is 10.0 Å². The molecule has 2 amide bonds. The Morgan fingerprint density at radius 1 is 1.12 bits per heavy atom. The quantitative estimate of drug-likeness (QED) is 0.607. The normalized spacial score (nSPS) is 11.1. The number of benzene rings is 2. The van der Waals surface area contributed by atoms with E-state index in [4.69, 9.17) is 11.6 Å². The summed E-state index contributed by atoms with van der Waals surface area (Å²) in [6.07, 6.45) is 0. The summed E-state index contributed by atoms with van der Waals surface area (Å²) in [7, 11) is -3.54. The van der Waals surface area contributed by atoms with E-state index in [-0.39, 0.29) is 22.9 Å². The summed E-state index contributed by atoms with van der Waals surface area (Å²) in [5, 5.41) is 15.0. The van der Waals surface area contributed by atoms with Crippen LogP contribution in [0, 0.1) is 0 Å². The molecule has 0 saturated carbocycles. The van der Waals surface area contributed by atoms with Gasteiger partial charge in [-0.2, -0.15) is 0 Å². The molecule has 0 spiro atoms. The first-order valence-electron chi connectivity index (χ1n) is 6.98. The minimum Gasteiger partial charge on any atom is -0.506 e. The number of phenolic OH excluding ortho intramolecular Hbond substituents is 1. The number of carbonyl (C=O) groups excluding carboxylic acids is 1. The average Bonchev–Trinajstić information content (AvgIpc) is 2.51. The number of nitrogens with one attached hydrogen (secondary N) is 3. The SMILES string of the molecule is CCNS(=O)(=O)c1ccc(NC(=O)Nc2cc(Cl)ccc2O)cc1. The van der Waals surface area contributed by atoms with Crippen molar-refractivity contribution in [2.24, 2.45) is 0 Å². The average molecular weight is 370 g/mol. The molecule has 0 radical (unpaired) electrons. The minimum absolute atomic E-state index is 0.0998. The number of anilines is 2. The fourth-order valence-corrected chi connectivity index (χ4v) is 3.10. The Kier molecular flexibility index (Phi) is 5.66. The van der Waals surface area contributed by atoms with Crippen LogP contribution >= 0.6 is 11.6 Å². The van der Waals surface area contributed by atoms with Gasteiger partial charge in [-0.05, 0) is 42.5 Å². The lowest BCUT2D eigenvalue weighted by molar-refractivity contribution is 0.262. The number of urea groups is 1. The van der Waals surface area contributed by atoms with Crippen molar-refractivity contribution in [3.63, 3.8) is 0 Å². The topological polar surface area (TPSA) is 108 Å². The van der Waals surface area contributed by atoms with Crippen molar-refractivity contribution in [1.29, 1.82) is 0 Å². The highest BCUT2D eigenvalue weighted by Gasteiger charge is 2.12. The molecular formula is C15H16ClN3O4S. The van der Waals surface area contributed by atoms with E-state index in [1.165, 1.54) is 42.5 Å². The second-order valence-corrected chi connectivity index (χ2v) is 6.97. The van der Waals surface area contributed by atoms with E-state index in [1.54, 1.807) is 6.92 Å². The number of amides is 2. The fourth-order valence-electron chi connectivity index (χ4n) is 1.88. The molecular weight excluding hydrogens is 354 g/mol. The molecule has 2 rings (SSSR count). The van der Waals surface area contributed by atoms with Gasteiger partial charge in [0.15, 0.2) is 0 Å². The molecule has 0 heterocycles. The number of hydrogen-bond donors (Lipinski definition) is 4. The molecule has 9 heteroatoms. The summed E-state index contributed by atoms with van der Waals surface area (Å²) in [6.45, 7) is 1.97. The van der Waals surface area contributed by atoms with Crippen LogP contribution in [0.15, 0.2) is 47.4 Å². The van der Waals surface area contributed by atoms with Crippen LogP contribution in [0.5, 0.6) is 5.75 Å². The molecule has 4 N–H and O–H groups in total. The van der Waals surface area contributed by atoms with Crippen molar-refractivity contribution in [1.82, 2.24) is 4.72 Å². The Morgan fingerprint density at radius 3 is 2.42 bits per heavy atom. The lowest BCUT2D eigenvalue weighted by Crippen LogP contribution is -2.23. The third-order valence-electron chi connectivity index (χ3n) is 2.96. The van der Waals surface area contributed by atoms with Gasteiger partial charge in [0.2, 0.25) is 10.0 Å². The van der Waals surface area contributed by atoms with Crippen molar-refractivity contribution < 1.29 is 18.3 Å². The molecule has 0 fully saturated rings. The number of phenols is 1. The first-order chi connectivity index (χ1) is 11.3. The molecule has 0 bridgehead atoms. The van der Waals surface area contributed by atoms with Gasteiger partial charge in [0.1, 0.15) is 5.75 Å². The van der Waals surface area contributed by atoms with Crippen LogP contribution in [0.3, 0.4) is 0 Å². The van der Waals surface area contributed by atoms with Crippen molar-refractivity contribution >= 4 is 39.0 Å². The molecule has 24 heavy (non-hydrogen) atoms. The van der Waals surface area contributed by atoms with Gasteiger partial charge in [-0.3, -0.25) is 0 Å². The highest BCUT2D eigenvalue weighted by molar-refractivity contribution is 7.89. The standard InChI is InChI=1S/C15H16ClN3O4S/c1-2-17-24(22,23)12-6-4-11(5-7-12)18-15(21)19-13-9-10(16)3-8-14(13)20/h3-9,17,20H,2H2,1H3,(H2,18,19,21). The third kappa shape index (κ3) is 4.60. The van der Waals surface area contributed by atoms with Gasteiger partial charge in [0, 0.05) is 17.3 Å². The lowest BCUT2D eigenvalue weighted by atomic mass is 10.3.